The van der Waals surface area contributed by atoms with Gasteiger partial charge in [-0.1, -0.05) is 39.1 Å². The largest absolute Gasteiger partial charge is 0.452 e. The molecule has 1 atom stereocenters. The molecule has 25 heavy (non-hydrogen) atoms. The molecule has 13 heteroatoms. The minimum Gasteiger partial charge on any atom is -0.452 e. The summed E-state index contributed by atoms with van der Waals surface area (Å²) in [6.45, 7) is 0.381. The molecule has 0 unspecified atom stereocenters. The number of hydrogen-bond acceptors (Lipinski definition) is 6. The van der Waals surface area contributed by atoms with Crippen LogP contribution < -0.4 is 15.8 Å². The van der Waals surface area contributed by atoms with Gasteiger partial charge in [0.25, 0.3) is 5.91 Å². The number of carbonyl (C=O) groups excluding carboxylic acids is 3. The highest BCUT2D eigenvalue weighted by Crippen LogP contribution is 2.32. The third-order valence-corrected chi connectivity index (χ3v) is 5.34. The summed E-state index contributed by atoms with van der Waals surface area (Å²) < 4.78 is 31.5. The lowest BCUT2D eigenvalue weighted by atomic mass is 10.4. The first kappa shape index (κ1) is 21.6. The zero-order valence-corrected chi connectivity index (χ0v) is 16.4. The van der Waals surface area contributed by atoms with E-state index in [1.807, 2.05) is 4.72 Å². The van der Waals surface area contributed by atoms with Crippen LogP contribution in [0.3, 0.4) is 0 Å². The molecular formula is C12H12BrCl2N3O6S. The van der Waals surface area contributed by atoms with Gasteiger partial charge < -0.3 is 10.5 Å². The number of esters is 1. The van der Waals surface area contributed by atoms with Crippen molar-refractivity contribution in [2.24, 2.45) is 5.73 Å². The third-order valence-electron chi connectivity index (χ3n) is 2.56. The summed E-state index contributed by atoms with van der Waals surface area (Å²) in [4.78, 5) is 33.1. The molecule has 1 rings (SSSR count). The van der Waals surface area contributed by atoms with E-state index in [0.29, 0.717) is 4.47 Å². The second-order valence-corrected chi connectivity index (χ2v) is 7.94. The Morgan fingerprint density at radius 3 is 2.28 bits per heavy atom. The first-order chi connectivity index (χ1) is 11.4. The van der Waals surface area contributed by atoms with Gasteiger partial charge in [0.2, 0.25) is 10.0 Å². The van der Waals surface area contributed by atoms with Crippen LogP contribution in [0.15, 0.2) is 21.5 Å². The molecule has 0 saturated carbocycles. The Bertz CT molecular complexity index is 794. The molecule has 0 aliphatic carbocycles. The van der Waals surface area contributed by atoms with Crippen molar-refractivity contribution < 1.29 is 27.5 Å². The van der Waals surface area contributed by atoms with Gasteiger partial charge in [0.05, 0.1) is 10.0 Å². The second kappa shape index (κ2) is 8.81. The van der Waals surface area contributed by atoms with Crippen molar-refractivity contribution in [1.29, 1.82) is 0 Å². The zero-order valence-electron chi connectivity index (χ0n) is 12.5. The lowest BCUT2D eigenvalue weighted by molar-refractivity contribution is -0.153. The van der Waals surface area contributed by atoms with Gasteiger partial charge in [0.15, 0.2) is 6.10 Å². The fraction of sp³-hybridized carbons (Fsp3) is 0.250. The number of nitrogens with two attached hydrogens (primary N) is 1. The Labute approximate surface area is 161 Å². The van der Waals surface area contributed by atoms with Gasteiger partial charge in [-0.15, -0.1) is 0 Å². The lowest BCUT2D eigenvalue weighted by Crippen LogP contribution is -2.43. The van der Waals surface area contributed by atoms with E-state index in [-0.39, 0.29) is 10.0 Å². The van der Waals surface area contributed by atoms with E-state index in [2.05, 4.69) is 20.7 Å². The summed E-state index contributed by atoms with van der Waals surface area (Å²) in [5, 5.41) is 1.40. The van der Waals surface area contributed by atoms with Crippen molar-refractivity contribution in [3.8, 4) is 0 Å². The topological polar surface area (TPSA) is 145 Å². The molecule has 0 aliphatic rings. The van der Waals surface area contributed by atoms with Crippen molar-refractivity contribution in [3.63, 3.8) is 0 Å². The molecule has 4 N–H and O–H groups in total. The smallest absolute Gasteiger partial charge is 0.321 e. The van der Waals surface area contributed by atoms with Crippen LogP contribution in [-0.4, -0.2) is 39.0 Å². The van der Waals surface area contributed by atoms with Crippen LogP contribution in [0.4, 0.5) is 4.79 Å². The van der Waals surface area contributed by atoms with Gasteiger partial charge in [-0.3, -0.25) is 14.9 Å². The molecule has 0 aliphatic heterocycles. The van der Waals surface area contributed by atoms with Gasteiger partial charge in [-0.05, 0) is 19.1 Å². The molecule has 0 heterocycles. The van der Waals surface area contributed by atoms with Gasteiger partial charge in [-0.25, -0.2) is 13.2 Å². The number of imide groups is 1. The maximum Gasteiger partial charge on any atom is 0.321 e. The molecular weight excluding hydrogens is 465 g/mol. The number of urea groups is 1. The molecule has 0 fully saturated rings. The van der Waals surface area contributed by atoms with E-state index in [1.54, 1.807) is 5.32 Å². The van der Waals surface area contributed by atoms with Crippen LogP contribution in [0, 0.1) is 0 Å². The first-order valence-corrected chi connectivity index (χ1v) is 9.41. The monoisotopic (exact) mass is 475 g/mol. The number of amides is 3. The standard InChI is InChI=1S/C12H12BrCl2N3O6S/c1-5(11(20)18-12(16)21)24-9(19)4-17-25(22,23)10-7(14)2-6(13)3-8(10)15/h2-3,5,17H,4H2,1H3,(H3,16,18,20,21)/t5-/m1/s1. The van der Waals surface area contributed by atoms with Crippen molar-refractivity contribution in [2.45, 2.75) is 17.9 Å². The molecule has 1 aromatic carbocycles. The highest BCUT2D eigenvalue weighted by molar-refractivity contribution is 9.10. The van der Waals surface area contributed by atoms with Crippen molar-refractivity contribution in [3.05, 3.63) is 26.7 Å². The van der Waals surface area contributed by atoms with Gasteiger partial charge in [0, 0.05) is 4.47 Å². The Morgan fingerprint density at radius 1 is 1.28 bits per heavy atom. The van der Waals surface area contributed by atoms with Crippen LogP contribution >= 0.6 is 39.1 Å². The van der Waals surface area contributed by atoms with E-state index < -0.39 is 45.5 Å². The maximum absolute atomic E-state index is 12.2. The Hall–Kier alpha value is -1.40. The number of halogens is 3. The van der Waals surface area contributed by atoms with Crippen LogP contribution in [0.25, 0.3) is 0 Å². The Morgan fingerprint density at radius 2 is 1.80 bits per heavy atom. The predicted octanol–water partition coefficient (Wildman–Crippen LogP) is 1.16. The molecule has 0 radical (unpaired) electrons. The SMILES string of the molecule is C[C@@H](OC(=O)CNS(=O)(=O)c1c(Cl)cc(Br)cc1Cl)C(=O)NC(N)=O. The summed E-state index contributed by atoms with van der Waals surface area (Å²) in [5.74, 6) is -2.03. The molecule has 0 saturated heterocycles. The molecule has 9 nitrogen and oxygen atoms in total. The summed E-state index contributed by atoms with van der Waals surface area (Å²) in [5.41, 5.74) is 4.75. The molecule has 0 spiro atoms. The third kappa shape index (κ3) is 6.44. The number of carbonyl (C=O) groups is 3. The summed E-state index contributed by atoms with van der Waals surface area (Å²) >= 11 is 14.8. The lowest BCUT2D eigenvalue weighted by Gasteiger charge is -2.13. The molecule has 1 aromatic rings. The van der Waals surface area contributed by atoms with Crippen LogP contribution in [-0.2, 0) is 24.3 Å². The van der Waals surface area contributed by atoms with E-state index >= 15 is 0 Å². The fourth-order valence-electron chi connectivity index (χ4n) is 1.53. The first-order valence-electron chi connectivity index (χ1n) is 6.38. The van der Waals surface area contributed by atoms with E-state index in [1.165, 1.54) is 19.1 Å². The van der Waals surface area contributed by atoms with Gasteiger partial charge >= 0.3 is 12.0 Å². The summed E-state index contributed by atoms with van der Waals surface area (Å²) in [7, 11) is -4.22. The van der Waals surface area contributed by atoms with Crippen LogP contribution in [0.2, 0.25) is 10.0 Å². The minimum atomic E-state index is -4.22. The number of ether oxygens (including phenoxy) is 1. The van der Waals surface area contributed by atoms with Crippen molar-refractivity contribution >= 4 is 67.1 Å². The van der Waals surface area contributed by atoms with Crippen LogP contribution in [0.5, 0.6) is 0 Å². The second-order valence-electron chi connectivity index (χ2n) is 4.51. The van der Waals surface area contributed by atoms with Crippen molar-refractivity contribution in [2.75, 3.05) is 6.54 Å². The number of rotatable bonds is 6. The average Bonchev–Trinajstić information content (AvgIpc) is 2.43. The van der Waals surface area contributed by atoms with E-state index in [0.717, 1.165) is 0 Å². The number of nitrogens with one attached hydrogen (secondary N) is 2. The quantitative estimate of drug-likeness (QED) is 0.525. The maximum atomic E-state index is 12.2. The normalized spacial score (nSPS) is 12.3. The fourth-order valence-corrected chi connectivity index (χ4v) is 4.43. The highest BCUT2D eigenvalue weighted by Gasteiger charge is 2.25. The molecule has 0 aromatic heterocycles. The molecule has 3 amide bonds. The van der Waals surface area contributed by atoms with Crippen molar-refractivity contribution in [1.82, 2.24) is 10.0 Å². The Kier molecular flexibility index (Phi) is 7.62. The molecule has 138 valence electrons. The Balaban J connectivity index is 2.75. The number of hydrogen-bond donors (Lipinski definition) is 3. The predicted molar refractivity (Wildman–Crippen MR) is 92.6 cm³/mol. The number of primary amides is 1. The number of benzene rings is 1. The van der Waals surface area contributed by atoms with E-state index in [9.17, 15) is 22.8 Å². The van der Waals surface area contributed by atoms with Crippen LogP contribution in [0.1, 0.15) is 6.92 Å². The average molecular weight is 477 g/mol. The number of sulfonamides is 1. The zero-order chi connectivity index (χ0) is 19.4. The molecule has 0 bridgehead atoms. The summed E-state index contributed by atoms with van der Waals surface area (Å²) in [6, 6.07) is 1.51. The minimum absolute atomic E-state index is 0.158. The van der Waals surface area contributed by atoms with Gasteiger partial charge in [0.1, 0.15) is 11.4 Å². The van der Waals surface area contributed by atoms with Gasteiger partial charge in [-0.2, -0.15) is 4.72 Å². The summed E-state index contributed by atoms with van der Waals surface area (Å²) in [6.07, 6.45) is -1.36. The van der Waals surface area contributed by atoms with E-state index in [4.69, 9.17) is 28.9 Å². The highest BCUT2D eigenvalue weighted by atomic mass is 79.9.